The molecule has 31 heavy (non-hydrogen) atoms. The normalized spacial score (nSPS) is 14.3. The molecule has 0 fully saturated rings. The van der Waals surface area contributed by atoms with Gasteiger partial charge in [-0.2, -0.15) is 0 Å². The van der Waals surface area contributed by atoms with Crippen molar-refractivity contribution in [2.24, 2.45) is 5.41 Å². The Kier molecular flexibility index (Phi) is 5.24. The molecule has 0 atom stereocenters. The van der Waals surface area contributed by atoms with Crippen LogP contribution in [0.2, 0.25) is 0 Å². The van der Waals surface area contributed by atoms with Crippen LogP contribution in [0.1, 0.15) is 42.3 Å². The molecule has 1 aliphatic heterocycles. The molecule has 4 rings (SSSR count). The van der Waals surface area contributed by atoms with Crippen molar-refractivity contribution in [2.75, 3.05) is 0 Å². The number of Topliss-reactive ketones (excluding diaryl/α,β-unsaturated/α-hetero) is 1. The Morgan fingerprint density at radius 2 is 1.55 bits per heavy atom. The summed E-state index contributed by atoms with van der Waals surface area (Å²) in [6.45, 7) is 7.17. The summed E-state index contributed by atoms with van der Waals surface area (Å²) in [6.07, 6.45) is 1.73. The Labute approximate surface area is 182 Å². The molecule has 1 heterocycles. The Bertz CT molecular complexity index is 1180. The third-order valence-corrected chi connectivity index (χ3v) is 5.17. The largest absolute Gasteiger partial charge is 0.452 e. The molecule has 0 saturated carbocycles. The molecule has 0 amide bonds. The Morgan fingerprint density at radius 3 is 2.19 bits per heavy atom. The molecule has 0 aliphatic carbocycles. The topological polar surface area (TPSA) is 52.6 Å². The maximum absolute atomic E-state index is 12.8. The van der Waals surface area contributed by atoms with Gasteiger partial charge >= 0.3 is 5.97 Å². The summed E-state index contributed by atoms with van der Waals surface area (Å²) in [7, 11) is 0. The van der Waals surface area contributed by atoms with Crippen LogP contribution in [0.5, 0.6) is 11.5 Å². The maximum atomic E-state index is 12.8. The van der Waals surface area contributed by atoms with Crippen molar-refractivity contribution in [1.82, 2.24) is 0 Å². The minimum atomic E-state index is -0.626. The highest BCUT2D eigenvalue weighted by molar-refractivity contribution is 6.15. The molecule has 3 aromatic rings. The van der Waals surface area contributed by atoms with Crippen molar-refractivity contribution in [3.05, 3.63) is 89.2 Å². The fraction of sp³-hybridized carbons (Fsp3) is 0.185. The number of carbonyl (C=O) groups is 2. The smallest absolute Gasteiger partial charge is 0.316 e. The van der Waals surface area contributed by atoms with Gasteiger partial charge in [0.05, 0.1) is 11.0 Å². The Hall–Kier alpha value is -3.66. The van der Waals surface area contributed by atoms with Gasteiger partial charge in [-0.3, -0.25) is 9.59 Å². The average molecular weight is 412 g/mol. The predicted octanol–water partition coefficient (Wildman–Crippen LogP) is 6.23. The quantitative estimate of drug-likeness (QED) is 0.291. The van der Waals surface area contributed by atoms with Gasteiger partial charge in [0, 0.05) is 5.56 Å². The minimum Gasteiger partial charge on any atom is -0.452 e. The highest BCUT2D eigenvalue weighted by atomic mass is 16.5. The van der Waals surface area contributed by atoms with E-state index in [1.54, 1.807) is 45.9 Å². The van der Waals surface area contributed by atoms with Crippen LogP contribution in [0.15, 0.2) is 72.5 Å². The zero-order valence-corrected chi connectivity index (χ0v) is 18.1. The van der Waals surface area contributed by atoms with Gasteiger partial charge in [-0.15, -0.1) is 0 Å². The van der Waals surface area contributed by atoms with Gasteiger partial charge in [-0.25, -0.2) is 0 Å². The number of fused-ring (bicyclic) bond motifs is 1. The fourth-order valence-electron chi connectivity index (χ4n) is 3.29. The zero-order valence-electron chi connectivity index (χ0n) is 18.1. The van der Waals surface area contributed by atoms with Crippen LogP contribution < -0.4 is 9.47 Å². The van der Waals surface area contributed by atoms with Crippen molar-refractivity contribution in [3.8, 4) is 22.6 Å². The molecule has 4 nitrogen and oxygen atoms in total. The van der Waals surface area contributed by atoms with E-state index in [1.807, 2.05) is 42.5 Å². The summed E-state index contributed by atoms with van der Waals surface area (Å²) in [5.41, 5.74) is 3.58. The Balaban J connectivity index is 1.58. The van der Waals surface area contributed by atoms with Crippen LogP contribution in [0.3, 0.4) is 0 Å². The summed E-state index contributed by atoms with van der Waals surface area (Å²) in [5, 5.41) is 0. The lowest BCUT2D eigenvalue weighted by atomic mass is 9.97. The van der Waals surface area contributed by atoms with Gasteiger partial charge in [-0.1, -0.05) is 54.6 Å². The van der Waals surface area contributed by atoms with Crippen LogP contribution in [-0.2, 0) is 4.79 Å². The van der Waals surface area contributed by atoms with E-state index >= 15 is 0 Å². The van der Waals surface area contributed by atoms with Crippen molar-refractivity contribution < 1.29 is 19.1 Å². The highest BCUT2D eigenvalue weighted by Gasteiger charge is 2.31. The molecule has 0 unspecified atom stereocenters. The van der Waals surface area contributed by atoms with E-state index in [-0.39, 0.29) is 17.5 Å². The lowest BCUT2D eigenvalue weighted by Gasteiger charge is -2.17. The predicted molar refractivity (Wildman–Crippen MR) is 121 cm³/mol. The number of rotatable bonds is 3. The van der Waals surface area contributed by atoms with Gasteiger partial charge < -0.3 is 9.47 Å². The van der Waals surface area contributed by atoms with Crippen LogP contribution >= 0.6 is 0 Å². The summed E-state index contributed by atoms with van der Waals surface area (Å²) < 4.78 is 11.4. The molecular formula is C27H24O4. The molecule has 0 aromatic heterocycles. The summed E-state index contributed by atoms with van der Waals surface area (Å²) >= 11 is 0. The third-order valence-electron chi connectivity index (χ3n) is 5.17. The first-order chi connectivity index (χ1) is 14.7. The SMILES string of the molecule is Cc1c(OC(=O)C(C)(C)C)ccc2c1O/C(=C\c1ccc(-c3ccccc3)cc1)C2=O. The second-order valence-corrected chi connectivity index (χ2v) is 8.63. The van der Waals surface area contributed by atoms with Gasteiger partial charge in [0.25, 0.3) is 0 Å². The summed E-state index contributed by atoms with van der Waals surface area (Å²) in [6, 6.07) is 21.4. The van der Waals surface area contributed by atoms with Crippen LogP contribution in [0.25, 0.3) is 17.2 Å². The number of benzene rings is 3. The molecule has 0 bridgehead atoms. The molecule has 3 aromatic carbocycles. The lowest BCUT2D eigenvalue weighted by Crippen LogP contribution is -2.25. The molecule has 1 aliphatic rings. The van der Waals surface area contributed by atoms with Crippen molar-refractivity contribution in [3.63, 3.8) is 0 Å². The van der Waals surface area contributed by atoms with E-state index in [2.05, 4.69) is 12.1 Å². The lowest BCUT2D eigenvalue weighted by molar-refractivity contribution is -0.143. The molecule has 156 valence electrons. The van der Waals surface area contributed by atoms with E-state index in [0.717, 1.165) is 16.7 Å². The maximum Gasteiger partial charge on any atom is 0.316 e. The van der Waals surface area contributed by atoms with E-state index in [9.17, 15) is 9.59 Å². The third kappa shape index (κ3) is 4.15. The van der Waals surface area contributed by atoms with Crippen LogP contribution in [0, 0.1) is 12.3 Å². The Morgan fingerprint density at radius 1 is 0.903 bits per heavy atom. The van der Waals surface area contributed by atoms with E-state index < -0.39 is 5.41 Å². The number of carbonyl (C=O) groups excluding carboxylic acids is 2. The molecule has 4 heteroatoms. The number of esters is 1. The number of ether oxygens (including phenoxy) is 2. The molecule has 0 radical (unpaired) electrons. The number of hydrogen-bond donors (Lipinski definition) is 0. The first-order valence-corrected chi connectivity index (χ1v) is 10.2. The van der Waals surface area contributed by atoms with Gasteiger partial charge in [0.2, 0.25) is 5.78 Å². The van der Waals surface area contributed by atoms with Crippen molar-refractivity contribution in [2.45, 2.75) is 27.7 Å². The number of allylic oxidation sites excluding steroid dienone is 1. The average Bonchev–Trinajstić information content (AvgIpc) is 3.07. The number of hydrogen-bond acceptors (Lipinski definition) is 4. The molecular weight excluding hydrogens is 388 g/mol. The van der Waals surface area contributed by atoms with Crippen LogP contribution in [-0.4, -0.2) is 11.8 Å². The van der Waals surface area contributed by atoms with Gasteiger partial charge in [0.15, 0.2) is 5.76 Å². The van der Waals surface area contributed by atoms with Gasteiger partial charge in [-0.05, 0) is 62.6 Å². The van der Waals surface area contributed by atoms with Crippen molar-refractivity contribution in [1.29, 1.82) is 0 Å². The molecule has 0 spiro atoms. The molecule has 0 N–H and O–H groups in total. The number of ketones is 1. The minimum absolute atomic E-state index is 0.182. The highest BCUT2D eigenvalue weighted by Crippen LogP contribution is 2.39. The summed E-state index contributed by atoms with van der Waals surface area (Å²) in [4.78, 5) is 25.1. The van der Waals surface area contributed by atoms with Crippen molar-refractivity contribution >= 4 is 17.8 Å². The van der Waals surface area contributed by atoms with Gasteiger partial charge in [0.1, 0.15) is 11.5 Å². The second-order valence-electron chi connectivity index (χ2n) is 8.63. The second kappa shape index (κ2) is 7.88. The standard InChI is InChI=1S/C27H24O4/c1-17-22(31-26(29)27(2,3)4)15-14-21-24(28)23(30-25(17)21)16-18-10-12-20(13-11-18)19-8-6-5-7-9-19/h5-16H,1-4H3/b23-16-. The fourth-order valence-corrected chi connectivity index (χ4v) is 3.29. The summed E-state index contributed by atoms with van der Waals surface area (Å²) in [5.74, 6) is 0.578. The molecule has 0 saturated heterocycles. The first-order valence-electron chi connectivity index (χ1n) is 10.2. The van der Waals surface area contributed by atoms with E-state index in [1.165, 1.54) is 0 Å². The first kappa shape index (κ1) is 20.6. The zero-order chi connectivity index (χ0) is 22.2. The monoisotopic (exact) mass is 412 g/mol. The van der Waals surface area contributed by atoms with E-state index in [4.69, 9.17) is 9.47 Å². The van der Waals surface area contributed by atoms with E-state index in [0.29, 0.717) is 22.6 Å². The van der Waals surface area contributed by atoms with Crippen LogP contribution in [0.4, 0.5) is 0 Å².